The van der Waals surface area contributed by atoms with Gasteiger partial charge in [-0.1, -0.05) is 0 Å². The van der Waals surface area contributed by atoms with Gasteiger partial charge < -0.3 is 10.6 Å². The van der Waals surface area contributed by atoms with E-state index >= 15 is 0 Å². The van der Waals surface area contributed by atoms with Gasteiger partial charge in [0.2, 0.25) is 0 Å². The third-order valence-corrected chi connectivity index (χ3v) is 2.62. The van der Waals surface area contributed by atoms with Crippen LogP contribution in [-0.4, -0.2) is 12.6 Å². The summed E-state index contributed by atoms with van der Waals surface area (Å²) < 4.78 is 12.9. The van der Waals surface area contributed by atoms with E-state index in [1.807, 2.05) is 0 Å². The second-order valence-electron chi connectivity index (χ2n) is 3.53. The van der Waals surface area contributed by atoms with Crippen molar-refractivity contribution in [3.05, 3.63) is 24.0 Å². The molecule has 1 fully saturated rings. The molecule has 1 aromatic carbocycles. The maximum Gasteiger partial charge on any atom is 0.125 e. The van der Waals surface area contributed by atoms with Crippen molar-refractivity contribution in [3.63, 3.8) is 0 Å². The van der Waals surface area contributed by atoms with Gasteiger partial charge in [0.05, 0.1) is 11.4 Å². The van der Waals surface area contributed by atoms with E-state index in [9.17, 15) is 4.39 Å². The summed E-state index contributed by atoms with van der Waals surface area (Å²) in [6.07, 6.45) is 1.16. The van der Waals surface area contributed by atoms with Crippen molar-refractivity contribution in [3.8, 4) is 0 Å². The number of halogens is 1. The Bertz CT molecular complexity index is 325. The zero-order valence-electron chi connectivity index (χ0n) is 7.63. The third-order valence-electron chi connectivity index (χ3n) is 2.62. The molecule has 0 radical (unpaired) electrons. The second kappa shape index (κ2) is 2.91. The Morgan fingerprint density at radius 2 is 2.31 bits per heavy atom. The molecule has 1 aliphatic heterocycles. The first-order valence-electron chi connectivity index (χ1n) is 4.50. The predicted molar refractivity (Wildman–Crippen MR) is 52.2 cm³/mol. The summed E-state index contributed by atoms with van der Waals surface area (Å²) in [6.45, 7) is 3.10. The molecule has 0 amide bonds. The highest BCUT2D eigenvalue weighted by Crippen LogP contribution is 2.31. The van der Waals surface area contributed by atoms with Crippen LogP contribution in [0, 0.1) is 5.82 Å². The summed E-state index contributed by atoms with van der Waals surface area (Å²) in [7, 11) is 0. The van der Waals surface area contributed by atoms with Crippen LogP contribution in [0.25, 0.3) is 0 Å². The van der Waals surface area contributed by atoms with E-state index < -0.39 is 0 Å². The quantitative estimate of drug-likeness (QED) is 0.670. The number of hydrogen-bond donors (Lipinski definition) is 1. The molecule has 2 nitrogen and oxygen atoms in total. The zero-order chi connectivity index (χ0) is 9.42. The Hall–Kier alpha value is -1.25. The summed E-state index contributed by atoms with van der Waals surface area (Å²) in [5, 5.41) is 0. The highest BCUT2D eigenvalue weighted by molar-refractivity contribution is 5.68. The van der Waals surface area contributed by atoms with Gasteiger partial charge in [-0.3, -0.25) is 0 Å². The Labute approximate surface area is 77.2 Å². The van der Waals surface area contributed by atoms with Crippen LogP contribution in [-0.2, 0) is 0 Å². The summed E-state index contributed by atoms with van der Waals surface area (Å²) in [5.74, 6) is -0.219. The van der Waals surface area contributed by atoms with Gasteiger partial charge in [0.25, 0.3) is 0 Å². The molecule has 1 unspecified atom stereocenters. The Morgan fingerprint density at radius 3 is 2.85 bits per heavy atom. The van der Waals surface area contributed by atoms with Crippen LogP contribution < -0.4 is 10.6 Å². The highest BCUT2D eigenvalue weighted by atomic mass is 19.1. The molecule has 0 aliphatic carbocycles. The Kier molecular flexibility index (Phi) is 1.87. The summed E-state index contributed by atoms with van der Waals surface area (Å²) >= 11 is 0. The number of nitrogens with zero attached hydrogens (tertiary/aromatic N) is 1. The van der Waals surface area contributed by atoms with Crippen LogP contribution in [0.2, 0.25) is 0 Å². The van der Waals surface area contributed by atoms with Crippen molar-refractivity contribution in [2.75, 3.05) is 17.2 Å². The standard InChI is InChI=1S/C10H13FN2/c1-7-4-5-13(7)10-6-8(11)2-3-9(10)12/h2-3,6-7H,4-5,12H2,1H3. The van der Waals surface area contributed by atoms with E-state index in [4.69, 9.17) is 5.73 Å². The van der Waals surface area contributed by atoms with Crippen LogP contribution in [0.4, 0.5) is 15.8 Å². The molecular formula is C10H13FN2. The van der Waals surface area contributed by atoms with Gasteiger partial charge in [-0.05, 0) is 31.5 Å². The van der Waals surface area contributed by atoms with Crippen LogP contribution in [0.15, 0.2) is 18.2 Å². The number of rotatable bonds is 1. The van der Waals surface area contributed by atoms with Gasteiger partial charge in [-0.2, -0.15) is 0 Å². The minimum absolute atomic E-state index is 0.219. The number of benzene rings is 1. The lowest BCUT2D eigenvalue weighted by molar-refractivity contribution is 0.480. The normalized spacial score (nSPS) is 21.4. The van der Waals surface area contributed by atoms with Gasteiger partial charge in [0.15, 0.2) is 0 Å². The molecule has 13 heavy (non-hydrogen) atoms. The monoisotopic (exact) mass is 180 g/mol. The molecule has 3 heteroatoms. The molecular weight excluding hydrogens is 167 g/mol. The average Bonchev–Trinajstić information content (AvgIpc) is 2.09. The lowest BCUT2D eigenvalue weighted by Gasteiger charge is -2.41. The average molecular weight is 180 g/mol. The number of anilines is 2. The number of nitrogen functional groups attached to an aromatic ring is 1. The molecule has 70 valence electrons. The summed E-state index contributed by atoms with van der Waals surface area (Å²) in [5.41, 5.74) is 7.25. The topological polar surface area (TPSA) is 29.3 Å². The van der Waals surface area contributed by atoms with Gasteiger partial charge in [0, 0.05) is 12.6 Å². The molecule has 2 N–H and O–H groups in total. The number of nitrogens with two attached hydrogens (primary N) is 1. The van der Waals surface area contributed by atoms with Crippen molar-refractivity contribution in [1.29, 1.82) is 0 Å². The SMILES string of the molecule is CC1CCN1c1cc(F)ccc1N. The lowest BCUT2D eigenvalue weighted by atomic mass is 10.0. The van der Waals surface area contributed by atoms with Gasteiger partial charge in [-0.15, -0.1) is 0 Å². The van der Waals surface area contributed by atoms with Crippen LogP contribution in [0.1, 0.15) is 13.3 Å². The fourth-order valence-electron chi connectivity index (χ4n) is 1.64. The summed E-state index contributed by atoms with van der Waals surface area (Å²) in [4.78, 5) is 2.12. The molecule has 1 aromatic rings. The second-order valence-corrected chi connectivity index (χ2v) is 3.53. The van der Waals surface area contributed by atoms with Crippen LogP contribution in [0.5, 0.6) is 0 Å². The maximum absolute atomic E-state index is 12.9. The van der Waals surface area contributed by atoms with E-state index in [0.29, 0.717) is 11.7 Å². The van der Waals surface area contributed by atoms with Gasteiger partial charge in [-0.25, -0.2) is 4.39 Å². The fraction of sp³-hybridized carbons (Fsp3) is 0.400. The summed E-state index contributed by atoms with van der Waals surface area (Å²) in [6, 6.07) is 5.01. The molecule has 1 heterocycles. The van der Waals surface area contributed by atoms with E-state index in [1.54, 1.807) is 6.07 Å². The predicted octanol–water partition coefficient (Wildman–Crippen LogP) is 2.01. The van der Waals surface area contributed by atoms with E-state index in [0.717, 1.165) is 18.7 Å². The highest BCUT2D eigenvalue weighted by Gasteiger charge is 2.25. The first kappa shape index (κ1) is 8.35. The van der Waals surface area contributed by atoms with Crippen molar-refractivity contribution in [1.82, 2.24) is 0 Å². The van der Waals surface area contributed by atoms with Crippen molar-refractivity contribution >= 4 is 11.4 Å². The first-order valence-corrected chi connectivity index (χ1v) is 4.50. The molecule has 1 aliphatic rings. The molecule has 1 atom stereocenters. The van der Waals surface area contributed by atoms with Crippen LogP contribution >= 0.6 is 0 Å². The molecule has 1 saturated heterocycles. The van der Waals surface area contributed by atoms with Crippen LogP contribution in [0.3, 0.4) is 0 Å². The largest absolute Gasteiger partial charge is 0.397 e. The van der Waals surface area contributed by atoms with E-state index in [2.05, 4.69) is 11.8 Å². The minimum atomic E-state index is -0.219. The molecule has 0 saturated carbocycles. The van der Waals surface area contributed by atoms with Gasteiger partial charge in [0.1, 0.15) is 5.82 Å². The molecule has 0 spiro atoms. The molecule has 0 aromatic heterocycles. The first-order chi connectivity index (χ1) is 6.18. The fourth-order valence-corrected chi connectivity index (χ4v) is 1.64. The zero-order valence-corrected chi connectivity index (χ0v) is 7.63. The molecule has 2 rings (SSSR count). The van der Waals surface area contributed by atoms with E-state index in [1.165, 1.54) is 12.1 Å². The van der Waals surface area contributed by atoms with Crippen molar-refractivity contribution in [2.24, 2.45) is 0 Å². The molecule has 0 bridgehead atoms. The Balaban J connectivity index is 2.33. The third kappa shape index (κ3) is 1.34. The van der Waals surface area contributed by atoms with Crippen molar-refractivity contribution in [2.45, 2.75) is 19.4 Å². The van der Waals surface area contributed by atoms with Gasteiger partial charge >= 0.3 is 0 Å². The smallest absolute Gasteiger partial charge is 0.125 e. The van der Waals surface area contributed by atoms with E-state index in [-0.39, 0.29) is 5.82 Å². The maximum atomic E-state index is 12.9. The Morgan fingerprint density at radius 1 is 1.54 bits per heavy atom. The number of hydrogen-bond acceptors (Lipinski definition) is 2. The lowest BCUT2D eigenvalue weighted by Crippen LogP contribution is -2.46. The van der Waals surface area contributed by atoms with Crippen molar-refractivity contribution < 1.29 is 4.39 Å². The minimum Gasteiger partial charge on any atom is -0.397 e.